The minimum atomic E-state index is -5.06. The molecule has 0 bridgehead atoms. The van der Waals surface area contributed by atoms with E-state index in [9.17, 15) is 40.7 Å². The number of amides is 3. The van der Waals surface area contributed by atoms with Crippen LogP contribution in [0.2, 0.25) is 0 Å². The summed E-state index contributed by atoms with van der Waals surface area (Å²) in [5, 5.41) is 0. The SMILES string of the molecule is CCCCN1C[C@@H]2N(C(=O)OCc3cc(C(F)(F)F)cc(C(F)(F)F)c3)C[C@@H](CCCc3ccccc3)C(=O)N2[C@@H](CCCCN)C1=O. The Labute approximate surface area is 276 Å². The third-order valence-corrected chi connectivity index (χ3v) is 8.84. The first kappa shape index (κ1) is 37.0. The van der Waals surface area contributed by atoms with Gasteiger partial charge in [-0.3, -0.25) is 14.5 Å². The van der Waals surface area contributed by atoms with Crippen molar-refractivity contribution in [2.45, 2.75) is 89.5 Å². The Morgan fingerprint density at radius 2 is 1.52 bits per heavy atom. The lowest BCUT2D eigenvalue weighted by molar-refractivity contribution is -0.173. The lowest BCUT2D eigenvalue weighted by Gasteiger charge is -2.53. The third-order valence-electron chi connectivity index (χ3n) is 8.84. The molecule has 2 aliphatic rings. The molecule has 0 saturated carbocycles. The number of benzene rings is 2. The number of nitrogens with two attached hydrogens (primary N) is 1. The fourth-order valence-electron chi connectivity index (χ4n) is 6.34. The zero-order valence-electron chi connectivity index (χ0n) is 26.9. The Kier molecular flexibility index (Phi) is 12.4. The highest BCUT2D eigenvalue weighted by Gasteiger charge is 2.51. The van der Waals surface area contributed by atoms with Gasteiger partial charge in [0.15, 0.2) is 0 Å². The number of piperazine rings is 1. The molecule has 14 heteroatoms. The Morgan fingerprint density at radius 3 is 2.12 bits per heavy atom. The van der Waals surface area contributed by atoms with E-state index in [0.717, 1.165) is 12.0 Å². The maximum absolute atomic E-state index is 14.1. The van der Waals surface area contributed by atoms with E-state index in [-0.39, 0.29) is 31.0 Å². The molecule has 0 spiro atoms. The van der Waals surface area contributed by atoms with Crippen molar-refractivity contribution in [3.05, 3.63) is 70.8 Å². The number of alkyl halides is 6. The molecule has 2 aromatic carbocycles. The number of aryl methyl sites for hydroxylation is 1. The van der Waals surface area contributed by atoms with Crippen LogP contribution in [0.4, 0.5) is 31.1 Å². The van der Waals surface area contributed by atoms with Crippen LogP contribution < -0.4 is 5.73 Å². The number of hydrogen-bond donors (Lipinski definition) is 1. The number of nitrogens with zero attached hydrogens (tertiary/aromatic N) is 3. The van der Waals surface area contributed by atoms with E-state index >= 15 is 0 Å². The van der Waals surface area contributed by atoms with Gasteiger partial charge in [-0.15, -0.1) is 0 Å². The predicted molar refractivity (Wildman–Crippen MR) is 165 cm³/mol. The van der Waals surface area contributed by atoms with Crippen molar-refractivity contribution in [1.29, 1.82) is 0 Å². The predicted octanol–water partition coefficient (Wildman–Crippen LogP) is 6.61. The summed E-state index contributed by atoms with van der Waals surface area (Å²) in [6.45, 7) is 1.82. The number of carbonyl (C=O) groups excluding carboxylic acids is 3. The summed E-state index contributed by atoms with van der Waals surface area (Å²) >= 11 is 0. The van der Waals surface area contributed by atoms with Gasteiger partial charge < -0.3 is 20.3 Å². The van der Waals surface area contributed by atoms with Crippen LogP contribution >= 0.6 is 0 Å². The van der Waals surface area contributed by atoms with Gasteiger partial charge in [-0.1, -0.05) is 43.7 Å². The van der Waals surface area contributed by atoms with Gasteiger partial charge in [-0.05, 0) is 80.8 Å². The van der Waals surface area contributed by atoms with Crippen molar-refractivity contribution in [1.82, 2.24) is 14.7 Å². The van der Waals surface area contributed by atoms with E-state index < -0.39 is 59.9 Å². The van der Waals surface area contributed by atoms with Crippen molar-refractivity contribution < 1.29 is 45.5 Å². The number of rotatable bonds is 13. The van der Waals surface area contributed by atoms with Gasteiger partial charge in [-0.2, -0.15) is 26.3 Å². The summed E-state index contributed by atoms with van der Waals surface area (Å²) in [5.41, 5.74) is 3.23. The third kappa shape index (κ3) is 9.20. The first-order valence-electron chi connectivity index (χ1n) is 16.3. The molecule has 3 atom stereocenters. The Balaban J connectivity index is 1.62. The van der Waals surface area contributed by atoms with Crippen LogP contribution in [0, 0.1) is 5.92 Å². The van der Waals surface area contributed by atoms with Crippen LogP contribution in [0.15, 0.2) is 48.5 Å². The summed E-state index contributed by atoms with van der Waals surface area (Å²) < 4.78 is 86.1. The van der Waals surface area contributed by atoms with Crippen molar-refractivity contribution in [2.75, 3.05) is 26.2 Å². The minimum absolute atomic E-state index is 0.00553. The molecule has 2 heterocycles. The fraction of sp³-hybridized carbons (Fsp3) is 0.559. The molecule has 2 N–H and O–H groups in total. The lowest BCUT2D eigenvalue weighted by Crippen LogP contribution is -2.73. The van der Waals surface area contributed by atoms with Gasteiger partial charge in [-0.25, -0.2) is 4.79 Å². The van der Waals surface area contributed by atoms with Crippen molar-refractivity contribution >= 4 is 17.9 Å². The largest absolute Gasteiger partial charge is 0.444 e. The topological polar surface area (TPSA) is 96.2 Å². The number of ether oxygens (including phenoxy) is 1. The van der Waals surface area contributed by atoms with Gasteiger partial charge in [0, 0.05) is 13.1 Å². The average Bonchev–Trinajstić information content (AvgIpc) is 3.04. The summed E-state index contributed by atoms with van der Waals surface area (Å²) in [6, 6.07) is 9.80. The molecule has 0 aromatic heterocycles. The number of carbonyl (C=O) groups is 3. The second-order valence-electron chi connectivity index (χ2n) is 12.4. The van der Waals surface area contributed by atoms with Gasteiger partial charge in [0.05, 0.1) is 23.6 Å². The van der Waals surface area contributed by atoms with E-state index in [2.05, 4.69) is 0 Å². The molecule has 4 rings (SSSR count). The highest BCUT2D eigenvalue weighted by atomic mass is 19.4. The summed E-state index contributed by atoms with van der Waals surface area (Å²) in [4.78, 5) is 45.9. The minimum Gasteiger partial charge on any atom is -0.444 e. The summed E-state index contributed by atoms with van der Waals surface area (Å²) in [5.74, 6) is -1.20. The molecule has 48 heavy (non-hydrogen) atoms. The van der Waals surface area contributed by atoms with Crippen LogP contribution in [0.5, 0.6) is 0 Å². The normalized spacial score (nSPS) is 20.2. The highest BCUT2D eigenvalue weighted by Crippen LogP contribution is 2.37. The quantitative estimate of drug-likeness (QED) is 0.189. The monoisotopic (exact) mass is 684 g/mol. The van der Waals surface area contributed by atoms with Crippen LogP contribution in [0.1, 0.15) is 74.1 Å². The van der Waals surface area contributed by atoms with Gasteiger partial charge >= 0.3 is 18.4 Å². The number of unbranched alkanes of at least 4 members (excludes halogenated alkanes) is 2. The van der Waals surface area contributed by atoms with Crippen LogP contribution in [0.25, 0.3) is 0 Å². The van der Waals surface area contributed by atoms with Crippen molar-refractivity contribution in [3.8, 4) is 0 Å². The smallest absolute Gasteiger partial charge is 0.416 e. The number of halogens is 6. The van der Waals surface area contributed by atoms with Crippen LogP contribution in [-0.2, 0) is 39.7 Å². The molecule has 2 aliphatic heterocycles. The van der Waals surface area contributed by atoms with E-state index in [1.807, 2.05) is 37.3 Å². The maximum Gasteiger partial charge on any atom is 0.416 e. The van der Waals surface area contributed by atoms with Crippen LogP contribution in [0.3, 0.4) is 0 Å². The van der Waals surface area contributed by atoms with Gasteiger partial charge in [0.25, 0.3) is 0 Å². The van der Waals surface area contributed by atoms with Crippen molar-refractivity contribution in [2.24, 2.45) is 11.7 Å². The first-order valence-corrected chi connectivity index (χ1v) is 16.3. The standard InChI is InChI=1S/C34H42F6N4O4/c1-2-3-16-42-21-29-43(32(47)48-22-24-17-26(33(35,36)37)19-27(18-24)34(38,39)40)20-25(13-9-12-23-10-5-4-6-11-23)30(45)44(29)28(31(42)46)14-7-8-15-41/h4-6,10-11,17-19,25,28-29H,2-3,7-9,12-16,20-22,41H2,1H3/t25-,28+,29-/m1/s1. The molecular formula is C34H42F6N4O4. The van der Waals surface area contributed by atoms with E-state index in [0.29, 0.717) is 70.2 Å². The molecule has 264 valence electrons. The van der Waals surface area contributed by atoms with Gasteiger partial charge in [0.2, 0.25) is 11.8 Å². The molecule has 2 fully saturated rings. The van der Waals surface area contributed by atoms with Crippen molar-refractivity contribution in [3.63, 3.8) is 0 Å². The molecule has 2 aromatic rings. The first-order chi connectivity index (χ1) is 22.7. The number of hydrogen-bond acceptors (Lipinski definition) is 5. The molecule has 0 aliphatic carbocycles. The maximum atomic E-state index is 14.1. The highest BCUT2D eigenvalue weighted by molar-refractivity contribution is 5.91. The summed E-state index contributed by atoms with van der Waals surface area (Å²) in [7, 11) is 0. The second kappa shape index (κ2) is 16.1. The molecular weight excluding hydrogens is 642 g/mol. The molecule has 0 unspecified atom stereocenters. The second-order valence-corrected chi connectivity index (χ2v) is 12.4. The van der Waals surface area contributed by atoms with E-state index in [4.69, 9.17) is 10.5 Å². The van der Waals surface area contributed by atoms with Gasteiger partial charge in [0.1, 0.15) is 18.8 Å². The summed E-state index contributed by atoms with van der Waals surface area (Å²) in [6.07, 6.45) is -7.40. The van der Waals surface area contributed by atoms with Crippen LogP contribution in [-0.4, -0.2) is 71.0 Å². The van der Waals surface area contributed by atoms with E-state index in [1.54, 1.807) is 4.90 Å². The Hall–Kier alpha value is -3.81. The lowest BCUT2D eigenvalue weighted by atomic mass is 9.91. The van der Waals surface area contributed by atoms with E-state index in [1.165, 1.54) is 9.80 Å². The number of fused-ring (bicyclic) bond motifs is 1. The Morgan fingerprint density at radius 1 is 0.854 bits per heavy atom. The average molecular weight is 685 g/mol. The zero-order valence-corrected chi connectivity index (χ0v) is 26.9. The Bertz CT molecular complexity index is 1370. The molecule has 0 radical (unpaired) electrons. The fourth-order valence-corrected chi connectivity index (χ4v) is 6.34. The zero-order chi connectivity index (χ0) is 35.1. The molecule has 3 amide bonds. The molecule has 8 nitrogen and oxygen atoms in total. The molecule has 2 saturated heterocycles.